The molecule has 28 heavy (non-hydrogen) atoms. The zero-order valence-corrected chi connectivity index (χ0v) is 15.8. The molecule has 6 heteroatoms. The molecule has 0 saturated carbocycles. The molecule has 0 atom stereocenters. The molecule has 0 spiro atoms. The number of amides is 2. The van der Waals surface area contributed by atoms with Crippen LogP contribution >= 0.6 is 0 Å². The van der Waals surface area contributed by atoms with E-state index in [1.807, 2.05) is 19.9 Å². The summed E-state index contributed by atoms with van der Waals surface area (Å²) in [5.41, 5.74) is 1.19. The Morgan fingerprint density at radius 2 is 1.64 bits per heavy atom. The Labute approximate surface area is 163 Å². The van der Waals surface area contributed by atoms with Gasteiger partial charge in [-0.05, 0) is 50.2 Å². The third kappa shape index (κ3) is 4.79. The van der Waals surface area contributed by atoms with Crippen LogP contribution in [0.5, 0.6) is 5.75 Å². The molecule has 6 nitrogen and oxygen atoms in total. The first kappa shape index (κ1) is 19.2. The van der Waals surface area contributed by atoms with Crippen LogP contribution in [-0.4, -0.2) is 17.9 Å². The van der Waals surface area contributed by atoms with Crippen LogP contribution in [0, 0.1) is 0 Å². The van der Waals surface area contributed by atoms with Crippen LogP contribution in [0.25, 0.3) is 0 Å². The van der Waals surface area contributed by atoms with Gasteiger partial charge in [0, 0.05) is 0 Å². The highest BCUT2D eigenvalue weighted by Crippen LogP contribution is 2.22. The van der Waals surface area contributed by atoms with E-state index in [0.717, 1.165) is 0 Å². The normalized spacial score (nSPS) is 10.5. The molecule has 1 heterocycles. The van der Waals surface area contributed by atoms with Crippen molar-refractivity contribution in [1.29, 1.82) is 0 Å². The van der Waals surface area contributed by atoms with E-state index >= 15 is 0 Å². The molecule has 0 radical (unpaired) electrons. The summed E-state index contributed by atoms with van der Waals surface area (Å²) in [6.45, 7) is 4.06. The SMILES string of the molecule is CC(C)Oc1ccccc1C(=O)Nc1ccccc1C(=O)NCc1ccco1. The summed E-state index contributed by atoms with van der Waals surface area (Å²) in [6, 6.07) is 17.4. The van der Waals surface area contributed by atoms with Crippen molar-refractivity contribution in [2.75, 3.05) is 5.32 Å². The fourth-order valence-electron chi connectivity index (χ4n) is 2.67. The molecule has 144 valence electrons. The Bertz CT molecular complexity index is 949. The molecule has 3 rings (SSSR count). The van der Waals surface area contributed by atoms with Crippen LogP contribution in [0.4, 0.5) is 5.69 Å². The average molecular weight is 378 g/mol. The van der Waals surface area contributed by atoms with Gasteiger partial charge in [0.05, 0.1) is 35.7 Å². The van der Waals surface area contributed by atoms with Crippen molar-refractivity contribution in [2.24, 2.45) is 0 Å². The highest BCUT2D eigenvalue weighted by atomic mass is 16.5. The molecular weight excluding hydrogens is 356 g/mol. The van der Waals surface area contributed by atoms with Gasteiger partial charge in [-0.25, -0.2) is 0 Å². The average Bonchev–Trinajstić information content (AvgIpc) is 3.20. The van der Waals surface area contributed by atoms with E-state index in [9.17, 15) is 9.59 Å². The van der Waals surface area contributed by atoms with E-state index in [0.29, 0.717) is 28.3 Å². The van der Waals surface area contributed by atoms with Crippen LogP contribution in [0.2, 0.25) is 0 Å². The lowest BCUT2D eigenvalue weighted by atomic mass is 10.1. The number of carbonyl (C=O) groups excluding carboxylic acids is 2. The van der Waals surface area contributed by atoms with Gasteiger partial charge in [0.2, 0.25) is 0 Å². The molecule has 0 aliphatic carbocycles. The van der Waals surface area contributed by atoms with Gasteiger partial charge < -0.3 is 19.8 Å². The number of benzene rings is 2. The van der Waals surface area contributed by atoms with E-state index in [1.54, 1.807) is 60.9 Å². The van der Waals surface area contributed by atoms with E-state index in [1.165, 1.54) is 0 Å². The lowest BCUT2D eigenvalue weighted by Gasteiger charge is -2.15. The minimum atomic E-state index is -0.345. The van der Waals surface area contributed by atoms with Crippen molar-refractivity contribution in [1.82, 2.24) is 5.32 Å². The first-order valence-electron chi connectivity index (χ1n) is 9.01. The summed E-state index contributed by atoms with van der Waals surface area (Å²) in [5, 5.41) is 5.59. The van der Waals surface area contributed by atoms with Crippen molar-refractivity contribution < 1.29 is 18.7 Å². The smallest absolute Gasteiger partial charge is 0.259 e. The zero-order chi connectivity index (χ0) is 19.9. The zero-order valence-electron chi connectivity index (χ0n) is 15.8. The van der Waals surface area contributed by atoms with Crippen LogP contribution in [0.3, 0.4) is 0 Å². The number of para-hydroxylation sites is 2. The monoisotopic (exact) mass is 378 g/mol. The largest absolute Gasteiger partial charge is 0.490 e. The van der Waals surface area contributed by atoms with Gasteiger partial charge >= 0.3 is 0 Å². The third-order valence-corrected chi connectivity index (χ3v) is 3.92. The summed E-state index contributed by atoms with van der Waals surface area (Å²) in [5.74, 6) is 0.492. The quantitative estimate of drug-likeness (QED) is 0.644. The number of nitrogens with one attached hydrogen (secondary N) is 2. The Morgan fingerprint density at radius 3 is 2.36 bits per heavy atom. The second-order valence-electron chi connectivity index (χ2n) is 6.42. The maximum Gasteiger partial charge on any atom is 0.259 e. The van der Waals surface area contributed by atoms with Gasteiger partial charge in [0.25, 0.3) is 11.8 Å². The fourth-order valence-corrected chi connectivity index (χ4v) is 2.67. The lowest BCUT2D eigenvalue weighted by Crippen LogP contribution is -2.25. The number of hydrogen-bond acceptors (Lipinski definition) is 4. The Morgan fingerprint density at radius 1 is 0.929 bits per heavy atom. The Balaban J connectivity index is 1.76. The van der Waals surface area contributed by atoms with Gasteiger partial charge in [-0.2, -0.15) is 0 Å². The van der Waals surface area contributed by atoms with Crippen molar-refractivity contribution in [3.05, 3.63) is 83.8 Å². The molecule has 0 saturated heterocycles. The summed E-state index contributed by atoms with van der Waals surface area (Å²) in [4.78, 5) is 25.4. The molecular formula is C22H22N2O4. The standard InChI is InChI=1S/C22H22N2O4/c1-15(2)28-20-12-6-4-10-18(20)22(26)24-19-11-5-3-9-17(19)21(25)23-14-16-8-7-13-27-16/h3-13,15H,14H2,1-2H3,(H,23,25)(H,24,26). The molecule has 0 bridgehead atoms. The van der Waals surface area contributed by atoms with Crippen molar-refractivity contribution in [3.63, 3.8) is 0 Å². The predicted molar refractivity (Wildman–Crippen MR) is 106 cm³/mol. The van der Waals surface area contributed by atoms with E-state index in [-0.39, 0.29) is 24.5 Å². The third-order valence-electron chi connectivity index (χ3n) is 3.92. The number of anilines is 1. The minimum absolute atomic E-state index is 0.0615. The predicted octanol–water partition coefficient (Wildman–Crippen LogP) is 4.25. The number of hydrogen-bond donors (Lipinski definition) is 2. The highest BCUT2D eigenvalue weighted by molar-refractivity contribution is 6.10. The second kappa shape index (κ2) is 8.90. The van der Waals surface area contributed by atoms with Gasteiger partial charge in [-0.3, -0.25) is 9.59 Å². The summed E-state index contributed by atoms with van der Waals surface area (Å²) >= 11 is 0. The first-order chi connectivity index (χ1) is 13.5. The highest BCUT2D eigenvalue weighted by Gasteiger charge is 2.17. The molecule has 0 aliphatic heterocycles. The molecule has 0 aliphatic rings. The first-order valence-corrected chi connectivity index (χ1v) is 9.01. The number of rotatable bonds is 7. The summed E-state index contributed by atoms with van der Waals surface area (Å²) < 4.78 is 10.9. The van der Waals surface area contributed by atoms with Gasteiger partial charge in [0.1, 0.15) is 11.5 Å². The van der Waals surface area contributed by atoms with E-state index in [4.69, 9.17) is 9.15 Å². The lowest BCUT2D eigenvalue weighted by molar-refractivity contribution is 0.0949. The fraction of sp³-hybridized carbons (Fsp3) is 0.182. The van der Waals surface area contributed by atoms with Gasteiger partial charge in [-0.15, -0.1) is 0 Å². The van der Waals surface area contributed by atoms with E-state index < -0.39 is 0 Å². The molecule has 2 N–H and O–H groups in total. The van der Waals surface area contributed by atoms with Crippen LogP contribution in [0.1, 0.15) is 40.3 Å². The second-order valence-corrected chi connectivity index (χ2v) is 6.42. The molecule has 0 fully saturated rings. The molecule has 2 aromatic carbocycles. The Hall–Kier alpha value is -3.54. The van der Waals surface area contributed by atoms with Crippen molar-refractivity contribution >= 4 is 17.5 Å². The van der Waals surface area contributed by atoms with Crippen LogP contribution < -0.4 is 15.4 Å². The number of carbonyl (C=O) groups is 2. The summed E-state index contributed by atoms with van der Waals surface area (Å²) in [6.07, 6.45) is 1.49. The molecule has 3 aromatic rings. The van der Waals surface area contributed by atoms with E-state index in [2.05, 4.69) is 10.6 Å². The topological polar surface area (TPSA) is 80.6 Å². The van der Waals surface area contributed by atoms with Crippen molar-refractivity contribution in [3.8, 4) is 5.75 Å². The maximum absolute atomic E-state index is 12.8. The maximum atomic E-state index is 12.8. The minimum Gasteiger partial charge on any atom is -0.490 e. The Kier molecular flexibility index (Phi) is 6.11. The summed E-state index contributed by atoms with van der Waals surface area (Å²) in [7, 11) is 0. The molecule has 2 amide bonds. The van der Waals surface area contributed by atoms with Crippen LogP contribution in [0.15, 0.2) is 71.3 Å². The van der Waals surface area contributed by atoms with Crippen molar-refractivity contribution in [2.45, 2.75) is 26.5 Å². The number of ether oxygens (including phenoxy) is 1. The van der Waals surface area contributed by atoms with Gasteiger partial charge in [0.15, 0.2) is 0 Å². The molecule has 1 aromatic heterocycles. The van der Waals surface area contributed by atoms with Crippen LogP contribution in [-0.2, 0) is 6.54 Å². The molecule has 0 unspecified atom stereocenters. The van der Waals surface area contributed by atoms with Gasteiger partial charge in [-0.1, -0.05) is 24.3 Å². The number of furan rings is 1.